The standard InChI is InChI=1S/C14H15FO/c1-9-7-10(15)8-11-13(9)12(16)3-6-14(11)4-2-5-14/h7-8H,2-6H2,1H3. The molecule has 0 N–H and O–H groups in total. The summed E-state index contributed by atoms with van der Waals surface area (Å²) in [5.74, 6) is 0.00208. The maximum atomic E-state index is 13.5. The lowest BCUT2D eigenvalue weighted by molar-refractivity contribution is 0.0919. The van der Waals surface area contributed by atoms with Crippen LogP contribution in [0.3, 0.4) is 0 Å². The second kappa shape index (κ2) is 3.16. The van der Waals surface area contributed by atoms with Gasteiger partial charge in [0.15, 0.2) is 5.78 Å². The molecule has 1 aromatic rings. The van der Waals surface area contributed by atoms with E-state index >= 15 is 0 Å². The Morgan fingerprint density at radius 1 is 1.25 bits per heavy atom. The number of ketones is 1. The van der Waals surface area contributed by atoms with Gasteiger partial charge in [-0.15, -0.1) is 0 Å². The lowest BCUT2D eigenvalue weighted by Gasteiger charge is -2.46. The van der Waals surface area contributed by atoms with Gasteiger partial charge in [-0.25, -0.2) is 4.39 Å². The van der Waals surface area contributed by atoms with Gasteiger partial charge in [-0.2, -0.15) is 0 Å². The summed E-state index contributed by atoms with van der Waals surface area (Å²) in [6.45, 7) is 1.84. The second-order valence-electron chi connectivity index (χ2n) is 5.20. The monoisotopic (exact) mass is 218 g/mol. The van der Waals surface area contributed by atoms with E-state index in [4.69, 9.17) is 0 Å². The summed E-state index contributed by atoms with van der Waals surface area (Å²) in [5, 5.41) is 0. The molecule has 1 spiro atoms. The van der Waals surface area contributed by atoms with Gasteiger partial charge < -0.3 is 0 Å². The Bertz CT molecular complexity index is 472. The molecule has 1 fully saturated rings. The minimum atomic E-state index is -0.197. The highest BCUT2D eigenvalue weighted by Crippen LogP contribution is 2.51. The fourth-order valence-corrected chi connectivity index (χ4v) is 3.27. The quantitative estimate of drug-likeness (QED) is 0.651. The number of carbonyl (C=O) groups is 1. The molecule has 0 unspecified atom stereocenters. The Hall–Kier alpha value is -1.18. The molecule has 0 aliphatic heterocycles. The molecule has 0 aromatic heterocycles. The molecule has 2 aliphatic carbocycles. The molecule has 1 saturated carbocycles. The van der Waals surface area contributed by atoms with Crippen LogP contribution in [0.5, 0.6) is 0 Å². The van der Waals surface area contributed by atoms with Crippen molar-refractivity contribution >= 4 is 5.78 Å². The summed E-state index contributed by atoms with van der Waals surface area (Å²) in [4.78, 5) is 11.9. The van der Waals surface area contributed by atoms with E-state index in [1.165, 1.54) is 12.5 Å². The average molecular weight is 218 g/mol. The van der Waals surface area contributed by atoms with Crippen LogP contribution in [0, 0.1) is 12.7 Å². The third-order valence-electron chi connectivity index (χ3n) is 4.29. The van der Waals surface area contributed by atoms with Crippen LogP contribution >= 0.6 is 0 Å². The summed E-state index contributed by atoms with van der Waals surface area (Å²) in [5.41, 5.74) is 2.75. The van der Waals surface area contributed by atoms with Gasteiger partial charge in [-0.3, -0.25) is 4.79 Å². The number of hydrogen-bond acceptors (Lipinski definition) is 1. The van der Waals surface area contributed by atoms with Crippen LogP contribution in [0.15, 0.2) is 12.1 Å². The van der Waals surface area contributed by atoms with Crippen LogP contribution in [-0.2, 0) is 5.41 Å². The molecule has 0 atom stereocenters. The van der Waals surface area contributed by atoms with E-state index in [9.17, 15) is 9.18 Å². The molecular weight excluding hydrogens is 203 g/mol. The van der Waals surface area contributed by atoms with Crippen LogP contribution in [0.1, 0.15) is 53.6 Å². The van der Waals surface area contributed by atoms with E-state index in [1.54, 1.807) is 6.07 Å². The first kappa shape index (κ1) is 10.0. The number of benzene rings is 1. The fourth-order valence-electron chi connectivity index (χ4n) is 3.27. The smallest absolute Gasteiger partial charge is 0.163 e. The Morgan fingerprint density at radius 2 is 2.00 bits per heavy atom. The Balaban J connectivity index is 2.24. The minimum Gasteiger partial charge on any atom is -0.294 e. The predicted octanol–water partition coefficient (Wildman–Crippen LogP) is 3.53. The van der Waals surface area contributed by atoms with Crippen LogP contribution in [-0.4, -0.2) is 5.78 Å². The van der Waals surface area contributed by atoms with Gasteiger partial charge >= 0.3 is 0 Å². The molecule has 0 bridgehead atoms. The zero-order valence-corrected chi connectivity index (χ0v) is 9.48. The zero-order chi connectivity index (χ0) is 11.3. The van der Waals surface area contributed by atoms with Crippen molar-refractivity contribution in [2.24, 2.45) is 0 Å². The van der Waals surface area contributed by atoms with Crippen LogP contribution < -0.4 is 0 Å². The van der Waals surface area contributed by atoms with Crippen LogP contribution in [0.25, 0.3) is 0 Å². The zero-order valence-electron chi connectivity index (χ0n) is 9.48. The number of aryl methyl sites for hydroxylation is 1. The number of halogens is 1. The van der Waals surface area contributed by atoms with E-state index < -0.39 is 0 Å². The van der Waals surface area contributed by atoms with Gasteiger partial charge in [0.25, 0.3) is 0 Å². The summed E-state index contributed by atoms with van der Waals surface area (Å²) in [7, 11) is 0. The van der Waals surface area contributed by atoms with Crippen molar-refractivity contribution in [1.29, 1.82) is 0 Å². The van der Waals surface area contributed by atoms with E-state index in [0.717, 1.165) is 36.0 Å². The molecule has 3 rings (SSSR count). The number of hydrogen-bond donors (Lipinski definition) is 0. The molecule has 2 heteroatoms. The highest BCUT2D eigenvalue weighted by atomic mass is 19.1. The molecular formula is C14H15FO. The van der Waals surface area contributed by atoms with E-state index in [0.29, 0.717) is 6.42 Å². The van der Waals surface area contributed by atoms with Gasteiger partial charge in [0.05, 0.1) is 0 Å². The molecule has 0 heterocycles. The summed E-state index contributed by atoms with van der Waals surface area (Å²) < 4.78 is 13.5. The SMILES string of the molecule is Cc1cc(F)cc2c1C(=O)CCC21CCC1. The number of Topliss-reactive ketones (excluding diaryl/α,β-unsaturated/α-hetero) is 1. The number of fused-ring (bicyclic) bond motifs is 2. The third kappa shape index (κ3) is 1.19. The molecule has 2 aliphatic rings. The molecule has 0 saturated heterocycles. The molecule has 84 valence electrons. The lowest BCUT2D eigenvalue weighted by atomic mass is 9.58. The van der Waals surface area contributed by atoms with E-state index in [2.05, 4.69) is 0 Å². The fraction of sp³-hybridized carbons (Fsp3) is 0.500. The second-order valence-corrected chi connectivity index (χ2v) is 5.20. The summed E-state index contributed by atoms with van der Waals surface area (Å²) >= 11 is 0. The van der Waals surface area contributed by atoms with E-state index in [-0.39, 0.29) is 17.0 Å². The average Bonchev–Trinajstić information content (AvgIpc) is 2.14. The van der Waals surface area contributed by atoms with Gasteiger partial charge in [0.1, 0.15) is 5.82 Å². The van der Waals surface area contributed by atoms with Crippen molar-refractivity contribution in [2.75, 3.05) is 0 Å². The first-order valence-electron chi connectivity index (χ1n) is 5.96. The third-order valence-corrected chi connectivity index (χ3v) is 4.29. The molecule has 1 aromatic carbocycles. The molecule has 16 heavy (non-hydrogen) atoms. The van der Waals surface area contributed by atoms with Crippen molar-refractivity contribution in [1.82, 2.24) is 0 Å². The van der Waals surface area contributed by atoms with Crippen molar-refractivity contribution < 1.29 is 9.18 Å². The van der Waals surface area contributed by atoms with Crippen molar-refractivity contribution in [3.8, 4) is 0 Å². The molecule has 1 nitrogen and oxygen atoms in total. The maximum absolute atomic E-state index is 13.5. The van der Waals surface area contributed by atoms with Crippen LogP contribution in [0.2, 0.25) is 0 Å². The number of rotatable bonds is 0. The normalized spacial score (nSPS) is 21.8. The maximum Gasteiger partial charge on any atom is 0.163 e. The lowest BCUT2D eigenvalue weighted by Crippen LogP contribution is -2.39. The highest BCUT2D eigenvalue weighted by Gasteiger charge is 2.44. The first-order valence-corrected chi connectivity index (χ1v) is 5.96. The largest absolute Gasteiger partial charge is 0.294 e. The van der Waals surface area contributed by atoms with Gasteiger partial charge in [-0.1, -0.05) is 6.42 Å². The minimum absolute atomic E-state index is 0.135. The number of carbonyl (C=O) groups excluding carboxylic acids is 1. The Morgan fingerprint density at radius 3 is 2.62 bits per heavy atom. The van der Waals surface area contributed by atoms with Crippen molar-refractivity contribution in [3.63, 3.8) is 0 Å². The summed E-state index contributed by atoms with van der Waals surface area (Å²) in [6, 6.07) is 3.08. The van der Waals surface area contributed by atoms with Crippen molar-refractivity contribution in [3.05, 3.63) is 34.6 Å². The van der Waals surface area contributed by atoms with Crippen LogP contribution in [0.4, 0.5) is 4.39 Å². The van der Waals surface area contributed by atoms with Gasteiger partial charge in [0, 0.05) is 12.0 Å². The van der Waals surface area contributed by atoms with Gasteiger partial charge in [-0.05, 0) is 54.9 Å². The van der Waals surface area contributed by atoms with Gasteiger partial charge in [0.2, 0.25) is 0 Å². The topological polar surface area (TPSA) is 17.1 Å². The van der Waals surface area contributed by atoms with E-state index in [1.807, 2.05) is 6.92 Å². The molecule has 0 amide bonds. The summed E-state index contributed by atoms with van der Waals surface area (Å²) in [6.07, 6.45) is 5.01. The Kier molecular flexibility index (Phi) is 1.97. The predicted molar refractivity (Wildman–Crippen MR) is 60.2 cm³/mol. The molecule has 0 radical (unpaired) electrons. The Labute approximate surface area is 94.7 Å². The highest BCUT2D eigenvalue weighted by molar-refractivity contribution is 6.00. The first-order chi connectivity index (χ1) is 7.62. The van der Waals surface area contributed by atoms with Crippen molar-refractivity contribution in [2.45, 2.75) is 44.4 Å².